The average Bonchev–Trinajstić information content (AvgIpc) is 2.27. The van der Waals surface area contributed by atoms with Gasteiger partial charge in [0.2, 0.25) is 0 Å². The molecule has 0 heterocycles. The second kappa shape index (κ2) is 5.35. The molecule has 0 radical (unpaired) electrons. The highest BCUT2D eigenvalue weighted by Crippen LogP contribution is 2.35. The molecule has 0 bridgehead atoms. The zero-order chi connectivity index (χ0) is 12.6. The number of hydrogen-bond donors (Lipinski definition) is 0. The Hall–Kier alpha value is 0.0400. The summed E-state index contributed by atoms with van der Waals surface area (Å²) in [4.78, 5) is 0. The molecular formula is C13H8Cl3I. The summed E-state index contributed by atoms with van der Waals surface area (Å²) in [5.41, 5.74) is 3.16. The topological polar surface area (TPSA) is 0 Å². The highest BCUT2D eigenvalue weighted by atomic mass is 127. The molecule has 2 aromatic carbocycles. The lowest BCUT2D eigenvalue weighted by Gasteiger charge is -2.08. The maximum Gasteiger partial charge on any atom is 0.0607 e. The molecule has 0 aliphatic rings. The Morgan fingerprint density at radius 1 is 0.882 bits per heavy atom. The first-order chi connectivity index (χ1) is 7.99. The molecule has 17 heavy (non-hydrogen) atoms. The highest BCUT2D eigenvalue weighted by Gasteiger charge is 2.08. The Kier molecular flexibility index (Phi) is 4.24. The van der Waals surface area contributed by atoms with Gasteiger partial charge in [0, 0.05) is 14.2 Å². The third kappa shape index (κ3) is 2.90. The fourth-order valence-corrected chi connectivity index (χ4v) is 2.55. The molecule has 88 valence electrons. The summed E-state index contributed by atoms with van der Waals surface area (Å²) < 4.78 is 1.22. The Morgan fingerprint density at radius 3 is 2.18 bits per heavy atom. The van der Waals surface area contributed by atoms with Crippen molar-refractivity contribution in [1.29, 1.82) is 0 Å². The quantitative estimate of drug-likeness (QED) is 0.395. The van der Waals surface area contributed by atoms with Gasteiger partial charge < -0.3 is 0 Å². The van der Waals surface area contributed by atoms with Crippen molar-refractivity contribution in [2.24, 2.45) is 0 Å². The van der Waals surface area contributed by atoms with Crippen LogP contribution in [-0.2, 0) is 0 Å². The third-order valence-electron chi connectivity index (χ3n) is 2.48. The average molecular weight is 397 g/mol. The molecule has 0 spiro atoms. The van der Waals surface area contributed by atoms with E-state index >= 15 is 0 Å². The van der Waals surface area contributed by atoms with E-state index in [-0.39, 0.29) is 0 Å². The van der Waals surface area contributed by atoms with Crippen molar-refractivity contribution >= 4 is 57.4 Å². The van der Waals surface area contributed by atoms with Crippen LogP contribution in [0.3, 0.4) is 0 Å². The van der Waals surface area contributed by atoms with Crippen LogP contribution in [0.5, 0.6) is 0 Å². The summed E-state index contributed by atoms with van der Waals surface area (Å²) in [5.74, 6) is 0. The van der Waals surface area contributed by atoms with Gasteiger partial charge >= 0.3 is 0 Å². The molecule has 2 aromatic rings. The van der Waals surface area contributed by atoms with Gasteiger partial charge in [0.15, 0.2) is 0 Å². The fraction of sp³-hybridized carbons (Fsp3) is 0.0769. The van der Waals surface area contributed by atoms with Crippen molar-refractivity contribution in [1.82, 2.24) is 0 Å². The fourth-order valence-electron chi connectivity index (χ4n) is 1.56. The van der Waals surface area contributed by atoms with Crippen LogP contribution in [0.4, 0.5) is 0 Å². The molecule has 0 unspecified atom stereocenters. The predicted molar refractivity (Wildman–Crippen MR) is 84.4 cm³/mol. The maximum absolute atomic E-state index is 6.18. The van der Waals surface area contributed by atoms with Gasteiger partial charge in [-0.3, -0.25) is 0 Å². The standard InChI is InChI=1S/C13H8Cl3I/c1-7-4-8(2-3-13(7)17)9-5-11(15)12(16)6-10(9)14/h2-6H,1H3. The van der Waals surface area contributed by atoms with E-state index < -0.39 is 0 Å². The first kappa shape index (κ1) is 13.5. The van der Waals surface area contributed by atoms with Gasteiger partial charge in [-0.05, 0) is 58.8 Å². The molecule has 0 aromatic heterocycles. The van der Waals surface area contributed by atoms with Crippen molar-refractivity contribution in [3.05, 3.63) is 54.5 Å². The van der Waals surface area contributed by atoms with Gasteiger partial charge in [-0.1, -0.05) is 46.9 Å². The first-order valence-electron chi connectivity index (χ1n) is 4.90. The molecule has 0 saturated carbocycles. The van der Waals surface area contributed by atoms with E-state index in [4.69, 9.17) is 34.8 Å². The maximum atomic E-state index is 6.18. The molecule has 0 saturated heterocycles. The number of hydrogen-bond acceptors (Lipinski definition) is 0. The predicted octanol–water partition coefficient (Wildman–Crippen LogP) is 6.23. The van der Waals surface area contributed by atoms with Crippen LogP contribution >= 0.6 is 57.4 Å². The summed E-state index contributed by atoms with van der Waals surface area (Å²) in [5, 5.41) is 1.60. The summed E-state index contributed by atoms with van der Waals surface area (Å²) in [7, 11) is 0. The van der Waals surface area contributed by atoms with Crippen LogP contribution in [0, 0.1) is 10.5 Å². The monoisotopic (exact) mass is 396 g/mol. The lowest BCUT2D eigenvalue weighted by molar-refractivity contribution is 1.42. The molecule has 0 amide bonds. The van der Waals surface area contributed by atoms with Gasteiger partial charge in [-0.2, -0.15) is 0 Å². The minimum atomic E-state index is 0.475. The minimum Gasteiger partial charge on any atom is -0.0836 e. The van der Waals surface area contributed by atoms with E-state index in [1.807, 2.05) is 6.07 Å². The molecule has 4 heteroatoms. The summed E-state index contributed by atoms with van der Waals surface area (Å²) in [6.07, 6.45) is 0. The SMILES string of the molecule is Cc1cc(-c2cc(Cl)c(Cl)cc2Cl)ccc1I. The van der Waals surface area contributed by atoms with Gasteiger partial charge in [0.25, 0.3) is 0 Å². The number of aryl methyl sites for hydroxylation is 1. The third-order valence-corrected chi connectivity index (χ3v) is 4.72. The van der Waals surface area contributed by atoms with E-state index in [1.165, 1.54) is 9.13 Å². The summed E-state index contributed by atoms with van der Waals surface area (Å²) in [6.45, 7) is 2.07. The van der Waals surface area contributed by atoms with Crippen LogP contribution in [-0.4, -0.2) is 0 Å². The van der Waals surface area contributed by atoms with E-state index in [9.17, 15) is 0 Å². The van der Waals surface area contributed by atoms with Gasteiger partial charge in [-0.15, -0.1) is 0 Å². The lowest BCUT2D eigenvalue weighted by atomic mass is 10.0. The van der Waals surface area contributed by atoms with Crippen molar-refractivity contribution in [2.75, 3.05) is 0 Å². The molecule has 0 fully saturated rings. The van der Waals surface area contributed by atoms with Gasteiger partial charge in [-0.25, -0.2) is 0 Å². The van der Waals surface area contributed by atoms with Crippen molar-refractivity contribution in [2.45, 2.75) is 6.92 Å². The summed E-state index contributed by atoms with van der Waals surface area (Å²) >= 11 is 20.4. The first-order valence-corrected chi connectivity index (χ1v) is 7.11. The molecule has 0 nitrogen and oxygen atoms in total. The van der Waals surface area contributed by atoms with Crippen LogP contribution in [0.25, 0.3) is 11.1 Å². The Labute approximate surface area is 129 Å². The van der Waals surface area contributed by atoms with Crippen LogP contribution in [0.15, 0.2) is 30.3 Å². The summed E-state index contributed by atoms with van der Waals surface area (Å²) in [6, 6.07) is 9.65. The van der Waals surface area contributed by atoms with E-state index in [1.54, 1.807) is 12.1 Å². The lowest BCUT2D eigenvalue weighted by Crippen LogP contribution is -1.85. The molecule has 0 aliphatic heterocycles. The number of rotatable bonds is 1. The molecule has 2 rings (SSSR count). The number of benzene rings is 2. The second-order valence-corrected chi connectivity index (χ2v) is 6.09. The smallest absolute Gasteiger partial charge is 0.0607 e. The van der Waals surface area contributed by atoms with Crippen molar-refractivity contribution in [3.63, 3.8) is 0 Å². The van der Waals surface area contributed by atoms with E-state index in [0.29, 0.717) is 15.1 Å². The van der Waals surface area contributed by atoms with Gasteiger partial charge in [0.05, 0.1) is 10.0 Å². The van der Waals surface area contributed by atoms with Crippen molar-refractivity contribution in [3.8, 4) is 11.1 Å². The Morgan fingerprint density at radius 2 is 1.53 bits per heavy atom. The molecule has 0 aliphatic carbocycles. The minimum absolute atomic E-state index is 0.475. The Balaban J connectivity index is 2.60. The van der Waals surface area contributed by atoms with Crippen LogP contribution in [0.1, 0.15) is 5.56 Å². The zero-order valence-electron chi connectivity index (χ0n) is 8.90. The second-order valence-electron chi connectivity index (χ2n) is 3.71. The largest absolute Gasteiger partial charge is 0.0836 e. The molecule has 0 N–H and O–H groups in total. The van der Waals surface area contributed by atoms with Crippen LogP contribution < -0.4 is 0 Å². The zero-order valence-corrected chi connectivity index (χ0v) is 13.3. The number of halogens is 4. The van der Waals surface area contributed by atoms with Crippen LogP contribution in [0.2, 0.25) is 15.1 Å². The highest BCUT2D eigenvalue weighted by molar-refractivity contribution is 14.1. The molecular weight excluding hydrogens is 389 g/mol. The van der Waals surface area contributed by atoms with Crippen molar-refractivity contribution < 1.29 is 0 Å². The van der Waals surface area contributed by atoms with E-state index in [2.05, 4.69) is 41.6 Å². The van der Waals surface area contributed by atoms with E-state index in [0.717, 1.165) is 11.1 Å². The molecule has 0 atom stereocenters. The normalized spacial score (nSPS) is 10.6. The van der Waals surface area contributed by atoms with Gasteiger partial charge in [0.1, 0.15) is 0 Å². The Bertz CT molecular complexity index is 579.